The Labute approximate surface area is 142 Å². The van der Waals surface area contributed by atoms with E-state index in [1.165, 1.54) is 24.9 Å². The number of rotatable bonds is 9. The molecule has 0 unspecified atom stereocenters. The molecule has 2 aromatic rings. The van der Waals surface area contributed by atoms with Crippen molar-refractivity contribution in [3.05, 3.63) is 36.0 Å². The van der Waals surface area contributed by atoms with Crippen LogP contribution in [-0.2, 0) is 17.5 Å². The third-order valence-corrected chi connectivity index (χ3v) is 4.28. The number of thioether (sulfide) groups is 1. The molecule has 9 heteroatoms. The maximum Gasteiger partial charge on any atom is 0.289 e. The predicted octanol–water partition coefficient (Wildman–Crippen LogP) is 2.66. The summed E-state index contributed by atoms with van der Waals surface area (Å²) in [6.07, 6.45) is 0.911. The van der Waals surface area contributed by atoms with E-state index in [9.17, 15) is 13.6 Å². The number of ether oxygens (including phenoxy) is 1. The van der Waals surface area contributed by atoms with E-state index in [2.05, 4.69) is 4.98 Å². The van der Waals surface area contributed by atoms with Crippen LogP contribution < -0.4 is 0 Å². The highest BCUT2D eigenvalue weighted by Crippen LogP contribution is 2.22. The fourth-order valence-corrected chi connectivity index (χ4v) is 2.82. The monoisotopic (exact) mass is 359 g/mol. The van der Waals surface area contributed by atoms with Gasteiger partial charge in [-0.15, -0.1) is 0 Å². The average Bonchev–Trinajstić information content (AvgIpc) is 3.17. The molecule has 2 aromatic heterocycles. The zero-order valence-electron chi connectivity index (χ0n) is 13.4. The van der Waals surface area contributed by atoms with Crippen LogP contribution in [0.5, 0.6) is 0 Å². The molecule has 0 radical (unpaired) electrons. The minimum Gasteiger partial charge on any atom is -0.455 e. The van der Waals surface area contributed by atoms with E-state index >= 15 is 0 Å². The second-order valence-electron chi connectivity index (χ2n) is 5.01. The first-order valence-electron chi connectivity index (χ1n) is 7.26. The molecule has 2 rings (SSSR count). The molecule has 0 spiro atoms. The number of nitrogens with zero attached hydrogens (tertiary/aromatic N) is 3. The van der Waals surface area contributed by atoms with E-state index in [4.69, 9.17) is 9.15 Å². The van der Waals surface area contributed by atoms with Crippen LogP contribution >= 0.6 is 11.8 Å². The maximum absolute atomic E-state index is 12.6. The van der Waals surface area contributed by atoms with Gasteiger partial charge in [-0.05, 0) is 12.1 Å². The molecule has 0 aliphatic rings. The fourth-order valence-electron chi connectivity index (χ4n) is 2.00. The Hall–Kier alpha value is -1.87. The zero-order valence-corrected chi connectivity index (χ0v) is 14.3. The number of amides is 1. The zero-order chi connectivity index (χ0) is 17.5. The van der Waals surface area contributed by atoms with Crippen molar-refractivity contribution in [3.8, 4) is 0 Å². The van der Waals surface area contributed by atoms with Crippen LogP contribution in [0.3, 0.4) is 0 Å². The van der Waals surface area contributed by atoms with Crippen molar-refractivity contribution in [2.75, 3.05) is 26.8 Å². The lowest BCUT2D eigenvalue weighted by Crippen LogP contribution is -2.37. The minimum atomic E-state index is -2.61. The molecule has 0 saturated carbocycles. The predicted molar refractivity (Wildman–Crippen MR) is 85.3 cm³/mol. The number of halogens is 2. The highest BCUT2D eigenvalue weighted by Gasteiger charge is 2.22. The lowest BCUT2D eigenvalue weighted by molar-refractivity contribution is 0.0452. The van der Waals surface area contributed by atoms with Crippen LogP contribution in [-0.4, -0.2) is 53.6 Å². The van der Waals surface area contributed by atoms with Crippen LogP contribution in [0.25, 0.3) is 0 Å². The number of hydrogen-bond acceptors (Lipinski definition) is 5. The Morgan fingerprint density at radius 2 is 2.29 bits per heavy atom. The van der Waals surface area contributed by atoms with Crippen molar-refractivity contribution < 1.29 is 22.7 Å². The number of hydrogen-bond donors (Lipinski definition) is 0. The maximum atomic E-state index is 12.6. The third-order valence-electron chi connectivity index (χ3n) is 3.20. The molecule has 0 fully saturated rings. The van der Waals surface area contributed by atoms with E-state index in [0.717, 1.165) is 10.1 Å². The molecule has 0 bridgehead atoms. The van der Waals surface area contributed by atoms with Crippen molar-refractivity contribution in [2.24, 2.45) is 7.05 Å². The van der Waals surface area contributed by atoms with Gasteiger partial charge in [-0.1, -0.05) is 11.8 Å². The van der Waals surface area contributed by atoms with Gasteiger partial charge in [-0.3, -0.25) is 4.79 Å². The number of methoxy groups -OCH3 is 1. The van der Waals surface area contributed by atoms with E-state index in [1.54, 1.807) is 12.3 Å². The van der Waals surface area contributed by atoms with E-state index in [1.807, 2.05) is 17.8 Å². The molecule has 0 atom stereocenters. The first-order chi connectivity index (χ1) is 11.5. The quantitative estimate of drug-likeness (QED) is 0.644. The molecule has 0 saturated heterocycles. The first-order valence-corrected chi connectivity index (χ1v) is 8.25. The Bertz CT molecular complexity index is 660. The van der Waals surface area contributed by atoms with E-state index in [-0.39, 0.29) is 18.9 Å². The summed E-state index contributed by atoms with van der Waals surface area (Å²) in [5.74, 6) is 0.545. The molecule has 0 aliphatic heterocycles. The van der Waals surface area contributed by atoms with Crippen LogP contribution in [0.1, 0.15) is 16.3 Å². The van der Waals surface area contributed by atoms with E-state index in [0.29, 0.717) is 11.5 Å². The van der Waals surface area contributed by atoms with Crippen LogP contribution in [0.4, 0.5) is 8.78 Å². The standard InChI is InChI=1S/C15H19F2N3O3S/c1-19-6-5-18-15(19)24-10-11-3-4-12(23-11)14(21)20(7-8-22-2)9-13(16)17/h3-6,13H,7-10H2,1-2H3. The smallest absolute Gasteiger partial charge is 0.289 e. The number of carbonyl (C=O) groups is 1. The molecule has 24 heavy (non-hydrogen) atoms. The summed E-state index contributed by atoms with van der Waals surface area (Å²) in [7, 11) is 3.33. The number of alkyl halides is 2. The number of aromatic nitrogens is 2. The van der Waals surface area contributed by atoms with E-state index < -0.39 is 18.9 Å². The highest BCUT2D eigenvalue weighted by atomic mass is 32.2. The van der Waals surface area contributed by atoms with Crippen molar-refractivity contribution in [1.29, 1.82) is 0 Å². The second-order valence-corrected chi connectivity index (χ2v) is 5.95. The van der Waals surface area contributed by atoms with Crippen LogP contribution in [0.15, 0.2) is 34.1 Å². The summed E-state index contributed by atoms with van der Waals surface area (Å²) in [6.45, 7) is -0.390. The Kier molecular flexibility index (Phi) is 6.80. The molecule has 6 nitrogen and oxygen atoms in total. The number of imidazole rings is 1. The summed E-state index contributed by atoms with van der Waals surface area (Å²) >= 11 is 1.46. The normalized spacial score (nSPS) is 11.2. The van der Waals surface area contributed by atoms with Gasteiger partial charge in [0.25, 0.3) is 12.3 Å². The van der Waals surface area contributed by atoms with Gasteiger partial charge in [0.2, 0.25) is 0 Å². The van der Waals surface area contributed by atoms with Gasteiger partial charge in [0.05, 0.1) is 18.9 Å². The molecule has 132 valence electrons. The van der Waals surface area contributed by atoms with Gasteiger partial charge >= 0.3 is 0 Å². The fraction of sp³-hybridized carbons (Fsp3) is 0.467. The van der Waals surface area contributed by atoms with Crippen LogP contribution in [0.2, 0.25) is 0 Å². The first kappa shape index (κ1) is 18.5. The van der Waals surface area contributed by atoms with Crippen molar-refractivity contribution in [3.63, 3.8) is 0 Å². The topological polar surface area (TPSA) is 60.5 Å². The Balaban J connectivity index is 1.98. The van der Waals surface area contributed by atoms with Crippen molar-refractivity contribution >= 4 is 17.7 Å². The summed E-state index contributed by atoms with van der Waals surface area (Å²) in [6, 6.07) is 3.17. The summed E-state index contributed by atoms with van der Waals surface area (Å²) in [4.78, 5) is 17.5. The lowest BCUT2D eigenvalue weighted by atomic mass is 10.3. The van der Waals surface area contributed by atoms with Crippen molar-refractivity contribution in [2.45, 2.75) is 17.3 Å². The number of carbonyl (C=O) groups excluding carboxylic acids is 1. The largest absolute Gasteiger partial charge is 0.455 e. The van der Waals surface area contributed by atoms with Gasteiger partial charge in [0.15, 0.2) is 10.9 Å². The Morgan fingerprint density at radius 1 is 1.50 bits per heavy atom. The van der Waals surface area contributed by atoms with Gasteiger partial charge in [0, 0.05) is 33.1 Å². The Morgan fingerprint density at radius 3 is 2.92 bits per heavy atom. The summed E-state index contributed by atoms with van der Waals surface area (Å²) in [5, 5.41) is 0.818. The minimum absolute atomic E-state index is 0.0437. The summed E-state index contributed by atoms with van der Waals surface area (Å²) < 4.78 is 37.5. The molecular formula is C15H19F2N3O3S. The molecule has 0 aromatic carbocycles. The average molecular weight is 359 g/mol. The molecule has 1 amide bonds. The number of furan rings is 1. The van der Waals surface area contributed by atoms with Gasteiger partial charge in [-0.2, -0.15) is 0 Å². The highest BCUT2D eigenvalue weighted by molar-refractivity contribution is 7.98. The lowest BCUT2D eigenvalue weighted by Gasteiger charge is -2.20. The van der Waals surface area contributed by atoms with Gasteiger partial charge in [-0.25, -0.2) is 13.8 Å². The SMILES string of the molecule is COCCN(CC(F)F)C(=O)c1ccc(CSc2nccn2C)o1. The molecule has 2 heterocycles. The van der Waals surface area contributed by atoms with Gasteiger partial charge in [0.1, 0.15) is 5.76 Å². The van der Waals surface area contributed by atoms with Crippen LogP contribution in [0, 0.1) is 0 Å². The van der Waals surface area contributed by atoms with Crippen molar-refractivity contribution in [1.82, 2.24) is 14.5 Å². The number of aryl methyl sites for hydroxylation is 1. The molecule has 0 N–H and O–H groups in total. The molecular weight excluding hydrogens is 340 g/mol. The van der Waals surface area contributed by atoms with Gasteiger partial charge < -0.3 is 18.6 Å². The summed E-state index contributed by atoms with van der Waals surface area (Å²) in [5.41, 5.74) is 0. The third kappa shape index (κ3) is 5.07. The second kappa shape index (κ2) is 8.84. The molecule has 0 aliphatic carbocycles.